The molecule has 0 aromatic carbocycles. The number of aromatic nitrogens is 4. The molecule has 2 heterocycles. The maximum Gasteiger partial charge on any atom is 0.258 e. The number of tetrazole rings is 1. The van der Waals surface area contributed by atoms with Gasteiger partial charge in [0.05, 0.1) is 11.6 Å². The number of amides is 1. The SMILES string of the molecule is Cc1oc(C(C)(C)C)cc1C(=O)N(C1CC1)C(C)c1nn[nH]n1. The first-order valence-electron chi connectivity index (χ1n) is 7.96. The number of carbonyl (C=O) groups excluding carboxylic acids is 1. The molecule has 1 fully saturated rings. The minimum atomic E-state index is -0.221. The van der Waals surface area contributed by atoms with Crippen LogP contribution in [0.4, 0.5) is 0 Å². The topological polar surface area (TPSA) is 87.9 Å². The normalized spacial score (nSPS) is 16.4. The molecule has 0 radical (unpaired) electrons. The van der Waals surface area contributed by atoms with Crippen LogP contribution >= 0.6 is 0 Å². The first-order chi connectivity index (χ1) is 10.8. The van der Waals surface area contributed by atoms with Crippen molar-refractivity contribution in [2.75, 3.05) is 0 Å². The van der Waals surface area contributed by atoms with Crippen LogP contribution in [0.5, 0.6) is 0 Å². The highest BCUT2D eigenvalue weighted by Gasteiger charge is 2.39. The smallest absolute Gasteiger partial charge is 0.258 e. The zero-order chi connectivity index (χ0) is 16.8. The highest BCUT2D eigenvalue weighted by Crippen LogP contribution is 2.36. The van der Waals surface area contributed by atoms with Gasteiger partial charge in [-0.25, -0.2) is 0 Å². The van der Waals surface area contributed by atoms with E-state index in [0.29, 0.717) is 17.1 Å². The Morgan fingerprint density at radius 2 is 2.13 bits per heavy atom. The molecule has 1 amide bonds. The van der Waals surface area contributed by atoms with Gasteiger partial charge in [-0.1, -0.05) is 26.0 Å². The number of furan rings is 1. The Morgan fingerprint density at radius 1 is 1.43 bits per heavy atom. The summed E-state index contributed by atoms with van der Waals surface area (Å²) in [5.41, 5.74) is 0.490. The van der Waals surface area contributed by atoms with Crippen LogP contribution in [0.1, 0.15) is 74.3 Å². The van der Waals surface area contributed by atoms with Gasteiger partial charge in [-0.05, 0) is 32.8 Å². The maximum absolute atomic E-state index is 13.1. The molecular weight excluding hydrogens is 294 g/mol. The number of nitrogens with zero attached hydrogens (tertiary/aromatic N) is 4. The standard InChI is InChI=1S/C16H23N5O2/c1-9(14-17-19-20-18-14)21(11-6-7-11)15(22)12-8-13(16(3,4)5)23-10(12)2/h8-9,11H,6-7H2,1-5H3,(H,17,18,19,20). The number of nitrogens with one attached hydrogen (secondary N) is 1. The van der Waals surface area contributed by atoms with Gasteiger partial charge in [-0.15, -0.1) is 10.2 Å². The Balaban J connectivity index is 1.92. The molecule has 1 atom stereocenters. The summed E-state index contributed by atoms with van der Waals surface area (Å²) in [4.78, 5) is 15.0. The molecule has 2 aromatic heterocycles. The number of carbonyl (C=O) groups is 1. The second-order valence-corrected chi connectivity index (χ2v) is 7.22. The summed E-state index contributed by atoms with van der Waals surface area (Å²) in [6.07, 6.45) is 2.02. The van der Waals surface area contributed by atoms with Crippen LogP contribution in [0, 0.1) is 6.92 Å². The Kier molecular flexibility index (Phi) is 3.74. The molecule has 23 heavy (non-hydrogen) atoms. The molecule has 3 rings (SSSR count). The predicted octanol–water partition coefficient (Wildman–Crippen LogP) is 2.76. The lowest BCUT2D eigenvalue weighted by Crippen LogP contribution is -2.36. The molecular formula is C16H23N5O2. The summed E-state index contributed by atoms with van der Waals surface area (Å²) in [5, 5.41) is 14.1. The molecule has 0 bridgehead atoms. The molecule has 2 aromatic rings. The second-order valence-electron chi connectivity index (χ2n) is 7.22. The molecule has 1 aliphatic carbocycles. The fourth-order valence-electron chi connectivity index (χ4n) is 2.68. The zero-order valence-electron chi connectivity index (χ0n) is 14.3. The van der Waals surface area contributed by atoms with Crippen LogP contribution in [0.25, 0.3) is 0 Å². The highest BCUT2D eigenvalue weighted by molar-refractivity contribution is 5.96. The predicted molar refractivity (Wildman–Crippen MR) is 83.9 cm³/mol. The van der Waals surface area contributed by atoms with Gasteiger partial charge in [0.1, 0.15) is 11.5 Å². The minimum Gasteiger partial charge on any atom is -0.465 e. The van der Waals surface area contributed by atoms with Crippen LogP contribution in [-0.2, 0) is 5.41 Å². The maximum atomic E-state index is 13.1. The van der Waals surface area contributed by atoms with Crippen LogP contribution in [0.3, 0.4) is 0 Å². The van der Waals surface area contributed by atoms with Crippen LogP contribution in [-0.4, -0.2) is 37.5 Å². The molecule has 7 heteroatoms. The second kappa shape index (κ2) is 5.47. The largest absolute Gasteiger partial charge is 0.465 e. The van der Waals surface area contributed by atoms with Crippen molar-refractivity contribution in [2.24, 2.45) is 0 Å². The van der Waals surface area contributed by atoms with Crippen molar-refractivity contribution in [1.82, 2.24) is 25.5 Å². The summed E-state index contributed by atoms with van der Waals surface area (Å²) >= 11 is 0. The molecule has 1 unspecified atom stereocenters. The van der Waals surface area contributed by atoms with E-state index in [1.165, 1.54) is 0 Å². The summed E-state index contributed by atoms with van der Waals surface area (Å²) in [6.45, 7) is 9.98. The number of hydrogen-bond donors (Lipinski definition) is 1. The monoisotopic (exact) mass is 317 g/mol. The van der Waals surface area contributed by atoms with E-state index in [0.717, 1.165) is 18.6 Å². The van der Waals surface area contributed by atoms with Crippen molar-refractivity contribution in [1.29, 1.82) is 0 Å². The number of aryl methyl sites for hydroxylation is 1. The molecule has 0 aliphatic heterocycles. The molecule has 0 spiro atoms. The molecule has 1 saturated carbocycles. The Hall–Kier alpha value is -2.18. The van der Waals surface area contributed by atoms with E-state index >= 15 is 0 Å². The van der Waals surface area contributed by atoms with Crippen LogP contribution < -0.4 is 0 Å². The Morgan fingerprint density at radius 3 is 2.61 bits per heavy atom. The minimum absolute atomic E-state index is 0.0263. The number of hydrogen-bond acceptors (Lipinski definition) is 5. The fourth-order valence-corrected chi connectivity index (χ4v) is 2.68. The molecule has 0 saturated heterocycles. The van der Waals surface area contributed by atoms with E-state index in [2.05, 4.69) is 41.4 Å². The molecule has 1 N–H and O–H groups in total. The van der Waals surface area contributed by atoms with Crippen molar-refractivity contribution in [3.05, 3.63) is 29.0 Å². The zero-order valence-corrected chi connectivity index (χ0v) is 14.3. The molecule has 124 valence electrons. The van der Waals surface area contributed by atoms with Crippen molar-refractivity contribution in [3.63, 3.8) is 0 Å². The van der Waals surface area contributed by atoms with E-state index in [9.17, 15) is 4.79 Å². The quantitative estimate of drug-likeness (QED) is 0.936. The number of aromatic amines is 1. The van der Waals surface area contributed by atoms with Gasteiger partial charge in [0.2, 0.25) is 0 Å². The first-order valence-corrected chi connectivity index (χ1v) is 7.96. The summed E-state index contributed by atoms with van der Waals surface area (Å²) in [6, 6.07) is 1.89. The van der Waals surface area contributed by atoms with Gasteiger partial charge in [-0.3, -0.25) is 4.79 Å². The third kappa shape index (κ3) is 3.00. The average Bonchev–Trinajstić information content (AvgIpc) is 3.01. The van der Waals surface area contributed by atoms with Gasteiger partial charge in [0, 0.05) is 11.5 Å². The van der Waals surface area contributed by atoms with Crippen molar-refractivity contribution in [3.8, 4) is 0 Å². The van der Waals surface area contributed by atoms with E-state index in [1.807, 2.05) is 24.8 Å². The lowest BCUT2D eigenvalue weighted by molar-refractivity contribution is 0.0664. The average molecular weight is 317 g/mol. The lowest BCUT2D eigenvalue weighted by Gasteiger charge is -2.27. The van der Waals surface area contributed by atoms with E-state index in [1.54, 1.807) is 0 Å². The van der Waals surface area contributed by atoms with Gasteiger partial charge >= 0.3 is 0 Å². The van der Waals surface area contributed by atoms with Crippen LogP contribution in [0.2, 0.25) is 0 Å². The van der Waals surface area contributed by atoms with Gasteiger partial charge in [0.25, 0.3) is 5.91 Å². The first kappa shape index (κ1) is 15.7. The van der Waals surface area contributed by atoms with Gasteiger partial charge in [0.15, 0.2) is 5.82 Å². The van der Waals surface area contributed by atoms with Gasteiger partial charge in [-0.2, -0.15) is 5.21 Å². The van der Waals surface area contributed by atoms with E-state index < -0.39 is 0 Å². The Bertz CT molecular complexity index is 695. The summed E-state index contributed by atoms with van der Waals surface area (Å²) in [7, 11) is 0. The summed E-state index contributed by atoms with van der Waals surface area (Å²) < 4.78 is 5.82. The van der Waals surface area contributed by atoms with Crippen molar-refractivity contribution in [2.45, 2.75) is 65.0 Å². The lowest BCUT2D eigenvalue weighted by atomic mass is 9.93. The van der Waals surface area contributed by atoms with E-state index in [-0.39, 0.29) is 23.4 Å². The van der Waals surface area contributed by atoms with E-state index in [4.69, 9.17) is 4.42 Å². The highest BCUT2D eigenvalue weighted by atomic mass is 16.3. The third-order valence-corrected chi connectivity index (χ3v) is 4.21. The van der Waals surface area contributed by atoms with Crippen molar-refractivity contribution >= 4 is 5.91 Å². The Labute approximate surface area is 135 Å². The fraction of sp³-hybridized carbons (Fsp3) is 0.625. The molecule has 1 aliphatic rings. The number of H-pyrrole nitrogens is 1. The number of rotatable bonds is 4. The van der Waals surface area contributed by atoms with Crippen LogP contribution in [0.15, 0.2) is 10.5 Å². The summed E-state index contributed by atoms with van der Waals surface area (Å²) in [5.74, 6) is 1.98. The third-order valence-electron chi connectivity index (χ3n) is 4.21. The van der Waals surface area contributed by atoms with Crippen molar-refractivity contribution < 1.29 is 9.21 Å². The molecule has 7 nitrogen and oxygen atoms in total. The van der Waals surface area contributed by atoms with Gasteiger partial charge < -0.3 is 9.32 Å².